The largest absolute Gasteiger partial charge is 0.478 e. The second-order valence-electron chi connectivity index (χ2n) is 5.98. The number of allylic oxidation sites excluding steroid dienone is 6. The number of rotatable bonds is 6. The topological polar surface area (TPSA) is 80.4 Å². The molecule has 0 radical (unpaired) electrons. The van der Waals surface area contributed by atoms with E-state index in [-0.39, 0.29) is 10.6 Å². The van der Waals surface area contributed by atoms with Crippen molar-refractivity contribution in [1.82, 2.24) is 0 Å². The summed E-state index contributed by atoms with van der Waals surface area (Å²) in [7, 11) is 0. The zero-order chi connectivity index (χ0) is 19.1. The number of hydrogen-bond acceptors (Lipinski definition) is 3. The highest BCUT2D eigenvalue weighted by Crippen LogP contribution is 2.29. The fraction of sp³-hybridized carbons (Fsp3) is 0.250. The Morgan fingerprint density at radius 3 is 2.32 bits per heavy atom. The van der Waals surface area contributed by atoms with E-state index in [1.807, 2.05) is 38.1 Å². The Hall–Kier alpha value is -2.95. The molecule has 132 valence electrons. The molecule has 0 aliphatic rings. The lowest BCUT2D eigenvalue weighted by molar-refractivity contribution is -0.386. The second-order valence-corrected chi connectivity index (χ2v) is 5.98. The number of aliphatic carboxylic acids is 1. The van der Waals surface area contributed by atoms with Crippen LogP contribution in [0.5, 0.6) is 0 Å². The van der Waals surface area contributed by atoms with Crippen LogP contribution in [0.3, 0.4) is 0 Å². The minimum absolute atomic E-state index is 0.154. The highest BCUT2D eigenvalue weighted by molar-refractivity contribution is 5.81. The number of nitrogens with zero attached hydrogens (tertiary/aromatic N) is 1. The third-order valence-corrected chi connectivity index (χ3v) is 3.76. The first-order valence-corrected chi connectivity index (χ1v) is 7.83. The molecular weight excluding hydrogens is 318 g/mol. The fourth-order valence-electron chi connectivity index (χ4n) is 2.59. The molecule has 0 aliphatic heterocycles. The first-order chi connectivity index (χ1) is 11.6. The van der Waals surface area contributed by atoms with Gasteiger partial charge in [0, 0.05) is 17.2 Å². The van der Waals surface area contributed by atoms with Gasteiger partial charge >= 0.3 is 5.97 Å². The van der Waals surface area contributed by atoms with Crippen molar-refractivity contribution in [2.45, 2.75) is 34.6 Å². The molecule has 0 atom stereocenters. The maximum atomic E-state index is 11.2. The van der Waals surface area contributed by atoms with Gasteiger partial charge in [-0.1, -0.05) is 36.0 Å². The van der Waals surface area contributed by atoms with Gasteiger partial charge in [0.1, 0.15) is 0 Å². The molecule has 1 aromatic rings. The molecule has 5 nitrogen and oxygen atoms in total. The Kier molecular flexibility index (Phi) is 7.06. The van der Waals surface area contributed by atoms with Crippen LogP contribution < -0.4 is 0 Å². The summed E-state index contributed by atoms with van der Waals surface area (Å²) in [5.41, 5.74) is 4.88. The van der Waals surface area contributed by atoms with Crippen LogP contribution in [-0.4, -0.2) is 16.0 Å². The van der Waals surface area contributed by atoms with Crippen LogP contribution in [-0.2, 0) is 4.79 Å². The van der Waals surface area contributed by atoms with Crippen LogP contribution in [0.4, 0.5) is 5.69 Å². The highest BCUT2D eigenvalue weighted by Gasteiger charge is 2.18. The predicted octanol–water partition coefficient (Wildman–Crippen LogP) is 5.07. The zero-order valence-electron chi connectivity index (χ0n) is 15.2. The molecule has 1 N–H and O–H groups in total. The van der Waals surface area contributed by atoms with Crippen molar-refractivity contribution < 1.29 is 14.8 Å². The molecule has 0 fully saturated rings. The van der Waals surface area contributed by atoms with Crippen LogP contribution in [0.2, 0.25) is 0 Å². The van der Waals surface area contributed by atoms with Crippen molar-refractivity contribution in [1.29, 1.82) is 0 Å². The van der Waals surface area contributed by atoms with Crippen LogP contribution in [0, 0.1) is 30.9 Å². The standard InChI is InChI=1S/C20H23NO4/c1-13(7-6-8-14(2)11-19(22)23)9-10-18-15(3)12-16(4)20(17(18)5)21(24)25/h6-12H,1-5H3,(H,22,23). The normalized spacial score (nSPS) is 13.0. The number of carboxylic acids is 1. The predicted molar refractivity (Wildman–Crippen MR) is 101 cm³/mol. The van der Waals surface area contributed by atoms with Crippen molar-refractivity contribution in [2.75, 3.05) is 0 Å². The maximum Gasteiger partial charge on any atom is 0.328 e. The van der Waals surface area contributed by atoms with Crippen LogP contribution in [0.25, 0.3) is 6.08 Å². The molecule has 0 heterocycles. The summed E-state index contributed by atoms with van der Waals surface area (Å²) in [6.07, 6.45) is 10.2. The van der Waals surface area contributed by atoms with E-state index in [1.54, 1.807) is 32.9 Å². The van der Waals surface area contributed by atoms with Crippen molar-refractivity contribution in [3.05, 3.63) is 80.0 Å². The lowest BCUT2D eigenvalue weighted by Gasteiger charge is -2.09. The third-order valence-electron chi connectivity index (χ3n) is 3.76. The SMILES string of the molecule is CC(C=Cc1c(C)cc(C)c([N+](=O)[O-])c1C)=CC=CC(C)=CC(=O)O. The van der Waals surface area contributed by atoms with E-state index < -0.39 is 5.97 Å². The molecule has 0 spiro atoms. The van der Waals surface area contributed by atoms with Crippen molar-refractivity contribution in [3.63, 3.8) is 0 Å². The van der Waals surface area contributed by atoms with E-state index in [0.717, 1.165) is 22.8 Å². The Bertz CT molecular complexity index is 811. The molecular formula is C20H23NO4. The van der Waals surface area contributed by atoms with Gasteiger partial charge < -0.3 is 5.11 Å². The van der Waals surface area contributed by atoms with Gasteiger partial charge in [0.25, 0.3) is 5.69 Å². The van der Waals surface area contributed by atoms with Gasteiger partial charge in [0.05, 0.1) is 4.92 Å². The summed E-state index contributed by atoms with van der Waals surface area (Å²) < 4.78 is 0. The van der Waals surface area contributed by atoms with E-state index in [4.69, 9.17) is 5.11 Å². The Morgan fingerprint density at radius 1 is 1.12 bits per heavy atom. The minimum atomic E-state index is -0.977. The second kappa shape index (κ2) is 8.78. The quantitative estimate of drug-likeness (QED) is 0.339. The first kappa shape index (κ1) is 20.1. The Morgan fingerprint density at radius 2 is 1.76 bits per heavy atom. The van der Waals surface area contributed by atoms with Gasteiger partial charge in [-0.3, -0.25) is 10.1 Å². The van der Waals surface area contributed by atoms with Gasteiger partial charge in [-0.05, 0) is 57.4 Å². The van der Waals surface area contributed by atoms with Gasteiger partial charge in [0.2, 0.25) is 0 Å². The summed E-state index contributed by atoms with van der Waals surface area (Å²) in [5.74, 6) is -0.977. The molecule has 0 aliphatic carbocycles. The molecule has 0 bridgehead atoms. The van der Waals surface area contributed by atoms with E-state index in [2.05, 4.69) is 0 Å². The number of nitro benzene ring substituents is 1. The van der Waals surface area contributed by atoms with Crippen LogP contribution in [0.15, 0.2) is 47.6 Å². The Labute approximate surface area is 147 Å². The fourth-order valence-corrected chi connectivity index (χ4v) is 2.59. The zero-order valence-corrected chi connectivity index (χ0v) is 15.2. The number of nitro groups is 1. The summed E-state index contributed by atoms with van der Waals surface area (Å²) >= 11 is 0. The van der Waals surface area contributed by atoms with E-state index in [1.165, 1.54) is 0 Å². The maximum absolute atomic E-state index is 11.2. The average molecular weight is 341 g/mol. The van der Waals surface area contributed by atoms with E-state index in [0.29, 0.717) is 16.7 Å². The van der Waals surface area contributed by atoms with E-state index in [9.17, 15) is 14.9 Å². The summed E-state index contributed by atoms with van der Waals surface area (Å²) in [4.78, 5) is 21.4. The average Bonchev–Trinajstić information content (AvgIpc) is 2.45. The number of hydrogen-bond donors (Lipinski definition) is 1. The minimum Gasteiger partial charge on any atom is -0.478 e. The summed E-state index contributed by atoms with van der Waals surface area (Å²) in [6.45, 7) is 9.06. The van der Waals surface area contributed by atoms with Crippen LogP contribution in [0.1, 0.15) is 36.1 Å². The molecule has 0 saturated heterocycles. The number of benzene rings is 1. The third kappa shape index (κ3) is 5.88. The van der Waals surface area contributed by atoms with Gasteiger partial charge in [0.15, 0.2) is 0 Å². The molecule has 25 heavy (non-hydrogen) atoms. The van der Waals surface area contributed by atoms with Crippen molar-refractivity contribution in [3.8, 4) is 0 Å². The number of carboxylic acid groups (broad SMARTS) is 1. The lowest BCUT2D eigenvalue weighted by atomic mass is 9.96. The smallest absolute Gasteiger partial charge is 0.328 e. The van der Waals surface area contributed by atoms with Crippen LogP contribution >= 0.6 is 0 Å². The molecule has 5 heteroatoms. The molecule has 0 unspecified atom stereocenters. The van der Waals surface area contributed by atoms with Gasteiger partial charge in [-0.15, -0.1) is 0 Å². The number of aryl methyl sites for hydroxylation is 2. The van der Waals surface area contributed by atoms with Crippen molar-refractivity contribution in [2.24, 2.45) is 0 Å². The first-order valence-electron chi connectivity index (χ1n) is 7.83. The van der Waals surface area contributed by atoms with Gasteiger partial charge in [-0.25, -0.2) is 4.79 Å². The van der Waals surface area contributed by atoms with Crippen molar-refractivity contribution >= 4 is 17.7 Å². The highest BCUT2D eigenvalue weighted by atomic mass is 16.6. The molecule has 1 rings (SSSR count). The monoisotopic (exact) mass is 341 g/mol. The molecule has 1 aromatic carbocycles. The molecule has 0 aromatic heterocycles. The summed E-state index contributed by atoms with van der Waals surface area (Å²) in [6, 6.07) is 1.82. The van der Waals surface area contributed by atoms with Gasteiger partial charge in [-0.2, -0.15) is 0 Å². The Balaban J connectivity index is 3.08. The summed E-state index contributed by atoms with van der Waals surface area (Å²) in [5, 5.41) is 19.9. The lowest BCUT2D eigenvalue weighted by Crippen LogP contribution is -1.99. The number of carbonyl (C=O) groups is 1. The van der Waals surface area contributed by atoms with E-state index >= 15 is 0 Å². The molecule has 0 amide bonds. The molecule has 0 saturated carbocycles.